The van der Waals surface area contributed by atoms with Gasteiger partial charge in [0.1, 0.15) is 11.5 Å². The molecule has 3 aromatic rings. The van der Waals surface area contributed by atoms with Crippen LogP contribution < -0.4 is 0 Å². The molecule has 24 heavy (non-hydrogen) atoms. The van der Waals surface area contributed by atoms with Gasteiger partial charge >= 0.3 is 37.9 Å². The van der Waals surface area contributed by atoms with Crippen LogP contribution in [0.4, 0.5) is 0 Å². The van der Waals surface area contributed by atoms with E-state index in [1.165, 1.54) is 27.8 Å². The number of rotatable bonds is 2. The van der Waals surface area contributed by atoms with Crippen molar-refractivity contribution in [3.05, 3.63) is 83.3 Å². The number of hydrogen-bond acceptors (Lipinski definition) is 1. The summed E-state index contributed by atoms with van der Waals surface area (Å²) in [5.74, 6) is 1.95. The number of allylic oxidation sites excluding steroid dienone is 1. The summed E-state index contributed by atoms with van der Waals surface area (Å²) in [6.07, 6.45) is 3.22. The molecule has 2 aromatic carbocycles. The molecule has 120 valence electrons. The Kier molecular flexibility index (Phi) is 6.16. The second-order valence-corrected chi connectivity index (χ2v) is 9.30. The minimum absolute atomic E-state index is 0.826. The predicted molar refractivity (Wildman–Crippen MR) is 98.6 cm³/mol. The first-order valence-corrected chi connectivity index (χ1v) is 14.0. The standard InChI is InChI=1S/C20H16O.2ClH.Zr/c1-14-10-11-20(21-14)17-12-16-8-5-9-18(19(16)13-17)15-6-3-2-4-7-15;;;/h2-11,13H,12H2,1H3;2*1H;/q;;;+2/p-2. The van der Waals surface area contributed by atoms with Crippen LogP contribution in [-0.4, -0.2) is 0 Å². The summed E-state index contributed by atoms with van der Waals surface area (Å²) in [6, 6.07) is 21.2. The van der Waals surface area contributed by atoms with Crippen molar-refractivity contribution in [2.45, 2.75) is 13.3 Å². The van der Waals surface area contributed by atoms with E-state index in [0.717, 1.165) is 17.9 Å². The van der Waals surface area contributed by atoms with Crippen molar-refractivity contribution in [2.24, 2.45) is 0 Å². The van der Waals surface area contributed by atoms with Gasteiger partial charge in [-0.15, -0.1) is 0 Å². The monoisotopic (exact) mass is 432 g/mol. The molecule has 0 radical (unpaired) electrons. The molecule has 1 aromatic heterocycles. The average molecular weight is 434 g/mol. The van der Waals surface area contributed by atoms with Crippen LogP contribution in [0, 0.1) is 6.92 Å². The summed E-state index contributed by atoms with van der Waals surface area (Å²) in [5.41, 5.74) is 6.53. The van der Waals surface area contributed by atoms with E-state index in [9.17, 15) is 0 Å². The van der Waals surface area contributed by atoms with Gasteiger partial charge in [-0.25, -0.2) is 0 Å². The molecule has 0 atom stereocenters. The Morgan fingerprint density at radius 3 is 2.33 bits per heavy atom. The molecule has 0 spiro atoms. The maximum absolute atomic E-state index is 5.78. The molecular formula is C20H16Cl2OZr. The third kappa shape index (κ3) is 3.94. The molecule has 1 aliphatic rings. The number of aryl methyl sites for hydroxylation is 1. The van der Waals surface area contributed by atoms with Crippen molar-refractivity contribution in [1.29, 1.82) is 0 Å². The Labute approximate surface area is 161 Å². The fourth-order valence-electron chi connectivity index (χ4n) is 3.00. The van der Waals surface area contributed by atoms with Gasteiger partial charge in [-0.05, 0) is 53.0 Å². The second-order valence-electron chi connectivity index (χ2n) is 5.57. The van der Waals surface area contributed by atoms with Crippen LogP contribution in [0.1, 0.15) is 22.6 Å². The number of benzene rings is 2. The molecule has 0 fully saturated rings. The van der Waals surface area contributed by atoms with Crippen molar-refractivity contribution in [3.8, 4) is 11.1 Å². The number of hydrogen-bond donors (Lipinski definition) is 0. The van der Waals surface area contributed by atoms with Gasteiger partial charge < -0.3 is 4.42 Å². The topological polar surface area (TPSA) is 13.1 Å². The Bertz CT molecular complexity index is 853. The Morgan fingerprint density at radius 2 is 1.67 bits per heavy atom. The quantitative estimate of drug-likeness (QED) is 0.436. The van der Waals surface area contributed by atoms with Crippen molar-refractivity contribution in [3.63, 3.8) is 0 Å². The fourth-order valence-corrected chi connectivity index (χ4v) is 3.00. The summed E-state index contributed by atoms with van der Waals surface area (Å²) in [6.45, 7) is 1.99. The molecule has 0 unspecified atom stereocenters. The second kappa shape index (κ2) is 8.34. The van der Waals surface area contributed by atoms with Crippen LogP contribution in [0.2, 0.25) is 0 Å². The van der Waals surface area contributed by atoms with E-state index in [0.29, 0.717) is 0 Å². The molecule has 1 aliphatic carbocycles. The molecular weight excluding hydrogens is 418 g/mol. The normalized spacial score (nSPS) is 12.0. The first-order chi connectivity index (χ1) is 11.7. The van der Waals surface area contributed by atoms with E-state index in [-0.39, 0.29) is 0 Å². The van der Waals surface area contributed by atoms with Crippen LogP contribution in [0.3, 0.4) is 0 Å². The van der Waals surface area contributed by atoms with Gasteiger partial charge in [0.25, 0.3) is 0 Å². The number of furan rings is 1. The van der Waals surface area contributed by atoms with Crippen LogP contribution in [-0.2, 0) is 27.3 Å². The van der Waals surface area contributed by atoms with Crippen molar-refractivity contribution in [1.82, 2.24) is 0 Å². The van der Waals surface area contributed by atoms with E-state index in [4.69, 9.17) is 21.4 Å². The third-order valence-corrected chi connectivity index (χ3v) is 4.04. The maximum atomic E-state index is 5.78. The van der Waals surface area contributed by atoms with Crippen molar-refractivity contribution < 1.29 is 25.3 Å². The van der Waals surface area contributed by atoms with Crippen molar-refractivity contribution in [2.75, 3.05) is 0 Å². The van der Waals surface area contributed by atoms with Gasteiger partial charge in [-0.2, -0.15) is 0 Å². The van der Waals surface area contributed by atoms with E-state index < -0.39 is 20.8 Å². The first-order valence-electron chi connectivity index (χ1n) is 7.64. The zero-order chi connectivity index (χ0) is 16.9. The molecule has 0 N–H and O–H groups in total. The summed E-state index contributed by atoms with van der Waals surface area (Å²) < 4.78 is 5.78. The zero-order valence-corrected chi connectivity index (χ0v) is 17.2. The molecule has 0 saturated carbocycles. The molecule has 4 rings (SSSR count). The van der Waals surface area contributed by atoms with Gasteiger partial charge in [0, 0.05) is 6.42 Å². The van der Waals surface area contributed by atoms with Crippen LogP contribution in [0.15, 0.2) is 65.1 Å². The van der Waals surface area contributed by atoms with Crippen molar-refractivity contribution >= 4 is 28.7 Å². The summed E-state index contributed by atoms with van der Waals surface area (Å²) in [4.78, 5) is 0. The number of fused-ring (bicyclic) bond motifs is 1. The minimum atomic E-state index is -0.826. The number of halogens is 2. The van der Waals surface area contributed by atoms with Gasteiger partial charge in [0.2, 0.25) is 0 Å². The Hall–Kier alpha value is -1.08. The average Bonchev–Trinajstić information content (AvgIpc) is 3.22. The van der Waals surface area contributed by atoms with Gasteiger partial charge in [-0.3, -0.25) is 0 Å². The first kappa shape index (κ1) is 17.7. The van der Waals surface area contributed by atoms with Crippen LogP contribution in [0.25, 0.3) is 22.8 Å². The van der Waals surface area contributed by atoms with E-state index in [2.05, 4.69) is 60.7 Å². The fraction of sp³-hybridized carbons (Fsp3) is 0.100. The zero-order valence-electron chi connectivity index (χ0n) is 13.2. The van der Waals surface area contributed by atoms with E-state index in [1.54, 1.807) is 0 Å². The molecule has 0 saturated heterocycles. The summed E-state index contributed by atoms with van der Waals surface area (Å²) in [7, 11) is 9.87. The summed E-state index contributed by atoms with van der Waals surface area (Å²) in [5, 5.41) is 0. The van der Waals surface area contributed by atoms with E-state index in [1.807, 2.05) is 13.0 Å². The Morgan fingerprint density at radius 1 is 0.917 bits per heavy atom. The van der Waals surface area contributed by atoms with Gasteiger partial charge in [-0.1, -0.05) is 48.5 Å². The van der Waals surface area contributed by atoms with Crippen LogP contribution in [0.5, 0.6) is 0 Å². The molecule has 0 amide bonds. The molecule has 0 aliphatic heterocycles. The molecule has 0 bridgehead atoms. The van der Waals surface area contributed by atoms with Gasteiger partial charge in [0.05, 0.1) is 0 Å². The molecule has 1 nitrogen and oxygen atoms in total. The third-order valence-electron chi connectivity index (χ3n) is 4.04. The Balaban J connectivity index is 0.000000526. The molecule has 1 heterocycles. The molecule has 4 heteroatoms. The van der Waals surface area contributed by atoms with Crippen LogP contribution >= 0.6 is 17.0 Å². The SMILES string of the molecule is Cc1ccc(C2=Cc3c(cccc3-c3ccccc3)C2)o1.[Cl][Zr][Cl]. The van der Waals surface area contributed by atoms with E-state index >= 15 is 0 Å². The predicted octanol–water partition coefficient (Wildman–Crippen LogP) is 6.73. The van der Waals surface area contributed by atoms with Gasteiger partial charge in [0.15, 0.2) is 0 Å². The summed E-state index contributed by atoms with van der Waals surface area (Å²) >= 11 is -0.826.